The normalized spacial score (nSPS) is 11.8. The Bertz CT molecular complexity index is 558. The molecule has 1 aromatic carbocycles. The summed E-state index contributed by atoms with van der Waals surface area (Å²) >= 11 is 5.77. The lowest BCUT2D eigenvalue weighted by molar-refractivity contribution is 0.374. The van der Waals surface area contributed by atoms with Crippen LogP contribution in [0.3, 0.4) is 0 Å². The zero-order valence-electron chi connectivity index (χ0n) is 10.6. The van der Waals surface area contributed by atoms with Crippen LogP contribution >= 0.6 is 11.6 Å². The fourth-order valence-electron chi connectivity index (χ4n) is 1.60. The maximum absolute atomic E-state index is 9.77. The lowest BCUT2D eigenvalue weighted by Crippen LogP contribution is -2.10. The first-order valence-corrected chi connectivity index (χ1v) is 6.04. The number of hydrogen-bond acceptors (Lipinski definition) is 4. The summed E-state index contributed by atoms with van der Waals surface area (Å²) in [5.41, 5.74) is 0.579. The minimum absolute atomic E-state index is 0.0356. The van der Waals surface area contributed by atoms with Crippen molar-refractivity contribution < 1.29 is 9.63 Å². The summed E-state index contributed by atoms with van der Waals surface area (Å²) in [4.78, 5) is 4.28. The van der Waals surface area contributed by atoms with Crippen LogP contribution in [0.2, 0.25) is 5.02 Å². The number of rotatable bonds is 2. The van der Waals surface area contributed by atoms with Gasteiger partial charge >= 0.3 is 0 Å². The summed E-state index contributed by atoms with van der Waals surface area (Å²) in [7, 11) is 0. The van der Waals surface area contributed by atoms with Gasteiger partial charge in [-0.2, -0.15) is 4.98 Å². The van der Waals surface area contributed by atoms with Crippen molar-refractivity contribution in [2.75, 3.05) is 0 Å². The van der Waals surface area contributed by atoms with Crippen molar-refractivity contribution in [2.45, 2.75) is 27.2 Å². The van der Waals surface area contributed by atoms with E-state index >= 15 is 0 Å². The van der Waals surface area contributed by atoms with Gasteiger partial charge in [0, 0.05) is 11.4 Å². The van der Waals surface area contributed by atoms with Crippen LogP contribution < -0.4 is 0 Å². The fourth-order valence-corrected chi connectivity index (χ4v) is 1.76. The third kappa shape index (κ3) is 3.01. The van der Waals surface area contributed by atoms with Crippen LogP contribution in [0, 0.1) is 5.41 Å². The first kappa shape index (κ1) is 12.9. The van der Waals surface area contributed by atoms with E-state index in [1.807, 2.05) is 0 Å². The quantitative estimate of drug-likeness (QED) is 0.901. The molecule has 0 aliphatic rings. The van der Waals surface area contributed by atoms with Crippen molar-refractivity contribution in [2.24, 2.45) is 5.41 Å². The second kappa shape index (κ2) is 4.61. The zero-order chi connectivity index (χ0) is 13.3. The average Bonchev–Trinajstić information content (AvgIpc) is 2.63. The molecule has 1 heterocycles. The van der Waals surface area contributed by atoms with E-state index in [1.165, 1.54) is 6.07 Å². The van der Waals surface area contributed by atoms with Crippen LogP contribution in [0.25, 0.3) is 11.5 Å². The first-order valence-electron chi connectivity index (χ1n) is 5.67. The number of halogens is 1. The Morgan fingerprint density at radius 1 is 1.33 bits per heavy atom. The summed E-state index contributed by atoms with van der Waals surface area (Å²) in [6.07, 6.45) is 0.713. The van der Waals surface area contributed by atoms with Gasteiger partial charge in [-0.1, -0.05) is 37.5 Å². The maximum atomic E-state index is 9.77. The molecule has 1 aromatic heterocycles. The van der Waals surface area contributed by atoms with E-state index in [4.69, 9.17) is 16.1 Å². The molecule has 4 nitrogen and oxygen atoms in total. The van der Waals surface area contributed by atoms with Gasteiger partial charge in [0.25, 0.3) is 5.89 Å². The van der Waals surface area contributed by atoms with Crippen LogP contribution in [-0.4, -0.2) is 15.2 Å². The third-order valence-corrected chi connectivity index (χ3v) is 2.58. The van der Waals surface area contributed by atoms with Gasteiger partial charge in [-0.15, -0.1) is 0 Å². The van der Waals surface area contributed by atoms with Gasteiger partial charge in [-0.25, -0.2) is 0 Å². The highest BCUT2D eigenvalue weighted by molar-refractivity contribution is 6.30. The van der Waals surface area contributed by atoms with Gasteiger partial charge in [-0.3, -0.25) is 0 Å². The molecule has 0 aliphatic carbocycles. The molecule has 1 N–H and O–H groups in total. The lowest BCUT2D eigenvalue weighted by atomic mass is 9.92. The number of benzene rings is 1. The van der Waals surface area contributed by atoms with Crippen molar-refractivity contribution >= 4 is 11.6 Å². The van der Waals surface area contributed by atoms with E-state index in [0.717, 1.165) is 0 Å². The van der Waals surface area contributed by atoms with Crippen LogP contribution in [0.1, 0.15) is 26.6 Å². The molecule has 2 aromatic rings. The standard InChI is InChI=1S/C13H15ClN2O2/c1-13(2,3)7-11-15-12(18-16-11)9-5-4-8(14)6-10(9)17/h4-6,17H,7H2,1-3H3. The number of nitrogens with zero attached hydrogens (tertiary/aromatic N) is 2. The van der Waals surface area contributed by atoms with Gasteiger partial charge < -0.3 is 9.63 Å². The van der Waals surface area contributed by atoms with Crippen LogP contribution in [-0.2, 0) is 6.42 Å². The Morgan fingerprint density at radius 2 is 2.06 bits per heavy atom. The molecule has 0 amide bonds. The molecule has 18 heavy (non-hydrogen) atoms. The van der Waals surface area contributed by atoms with Gasteiger partial charge in [-0.05, 0) is 23.6 Å². The molecule has 96 valence electrons. The Morgan fingerprint density at radius 3 is 2.67 bits per heavy atom. The number of aromatic nitrogens is 2. The van der Waals surface area contributed by atoms with Gasteiger partial charge in [0.2, 0.25) is 0 Å². The number of aromatic hydroxyl groups is 1. The summed E-state index contributed by atoms with van der Waals surface area (Å²) in [5, 5.41) is 14.1. The number of phenolic OH excluding ortho intramolecular Hbond substituents is 1. The van der Waals surface area contributed by atoms with Crippen molar-refractivity contribution in [3.05, 3.63) is 29.0 Å². The molecule has 0 aliphatic heterocycles. The second-order valence-corrected chi connectivity index (χ2v) is 5.85. The highest BCUT2D eigenvalue weighted by Gasteiger charge is 2.18. The topological polar surface area (TPSA) is 59.2 Å². The minimum atomic E-state index is 0.0356. The molecule has 0 bridgehead atoms. The molecule has 0 saturated heterocycles. The molecular weight excluding hydrogens is 252 g/mol. The molecule has 0 spiro atoms. The van der Waals surface area contributed by atoms with Crippen molar-refractivity contribution in [3.8, 4) is 17.2 Å². The Balaban J connectivity index is 2.29. The minimum Gasteiger partial charge on any atom is -0.507 e. The molecule has 0 saturated carbocycles. The van der Waals surface area contributed by atoms with Crippen LogP contribution in [0.15, 0.2) is 22.7 Å². The van der Waals surface area contributed by atoms with Crippen LogP contribution in [0.5, 0.6) is 5.75 Å². The summed E-state index contributed by atoms with van der Waals surface area (Å²) in [6, 6.07) is 4.78. The smallest absolute Gasteiger partial charge is 0.261 e. The largest absolute Gasteiger partial charge is 0.507 e. The van der Waals surface area contributed by atoms with Gasteiger partial charge in [0.05, 0.1) is 5.56 Å². The van der Waals surface area contributed by atoms with Gasteiger partial charge in [0.15, 0.2) is 5.82 Å². The second-order valence-electron chi connectivity index (χ2n) is 5.41. The highest BCUT2D eigenvalue weighted by atomic mass is 35.5. The molecule has 0 fully saturated rings. The van der Waals surface area contributed by atoms with E-state index in [0.29, 0.717) is 28.7 Å². The van der Waals surface area contributed by atoms with Crippen LogP contribution in [0.4, 0.5) is 0 Å². The van der Waals surface area contributed by atoms with E-state index in [1.54, 1.807) is 12.1 Å². The number of phenols is 1. The van der Waals surface area contributed by atoms with Gasteiger partial charge in [0.1, 0.15) is 5.75 Å². The Hall–Kier alpha value is -1.55. The molecule has 2 rings (SSSR count). The monoisotopic (exact) mass is 266 g/mol. The molecule has 0 radical (unpaired) electrons. The fraction of sp³-hybridized carbons (Fsp3) is 0.385. The molecular formula is C13H15ClN2O2. The van der Waals surface area contributed by atoms with E-state index in [9.17, 15) is 5.11 Å². The predicted molar refractivity (Wildman–Crippen MR) is 69.6 cm³/mol. The zero-order valence-corrected chi connectivity index (χ0v) is 11.3. The van der Waals surface area contributed by atoms with Crippen molar-refractivity contribution in [1.29, 1.82) is 0 Å². The summed E-state index contributed by atoms with van der Waals surface area (Å²) < 4.78 is 5.15. The van der Waals surface area contributed by atoms with E-state index in [2.05, 4.69) is 30.9 Å². The van der Waals surface area contributed by atoms with E-state index < -0.39 is 0 Å². The molecule has 0 atom stereocenters. The van der Waals surface area contributed by atoms with Crippen molar-refractivity contribution in [1.82, 2.24) is 10.1 Å². The summed E-state index contributed by atoms with van der Waals surface area (Å²) in [6.45, 7) is 6.30. The summed E-state index contributed by atoms with van der Waals surface area (Å²) in [5.74, 6) is 0.976. The average molecular weight is 267 g/mol. The number of hydrogen-bond donors (Lipinski definition) is 1. The third-order valence-electron chi connectivity index (χ3n) is 2.35. The lowest BCUT2D eigenvalue weighted by Gasteiger charge is -2.14. The van der Waals surface area contributed by atoms with Crippen molar-refractivity contribution in [3.63, 3.8) is 0 Å². The Labute approximate surface area is 111 Å². The SMILES string of the molecule is CC(C)(C)Cc1noc(-c2ccc(Cl)cc2O)n1. The molecule has 0 unspecified atom stereocenters. The first-order chi connectivity index (χ1) is 8.35. The Kier molecular flexibility index (Phi) is 3.30. The highest BCUT2D eigenvalue weighted by Crippen LogP contribution is 2.30. The van der Waals surface area contributed by atoms with E-state index in [-0.39, 0.29) is 11.2 Å². The maximum Gasteiger partial charge on any atom is 0.261 e. The molecule has 5 heteroatoms. The predicted octanol–water partition coefficient (Wildman–Crippen LogP) is 3.68.